The average molecular weight is 275 g/mol. The summed E-state index contributed by atoms with van der Waals surface area (Å²) in [5, 5.41) is 5.74. The maximum absolute atomic E-state index is 11.7. The van der Waals surface area contributed by atoms with Crippen LogP contribution in [0.15, 0.2) is 24.3 Å². The second-order valence-electron chi connectivity index (χ2n) is 5.57. The van der Waals surface area contributed by atoms with Crippen molar-refractivity contribution in [1.29, 1.82) is 0 Å². The summed E-state index contributed by atoms with van der Waals surface area (Å²) in [5.74, 6) is 0.892. The van der Waals surface area contributed by atoms with Crippen molar-refractivity contribution in [2.24, 2.45) is 11.7 Å². The summed E-state index contributed by atoms with van der Waals surface area (Å²) in [6.07, 6.45) is 7.84. The second kappa shape index (κ2) is 7.90. The Hall–Kier alpha value is -1.55. The van der Waals surface area contributed by atoms with Gasteiger partial charge >= 0.3 is 6.03 Å². The maximum Gasteiger partial charge on any atom is 0.319 e. The van der Waals surface area contributed by atoms with E-state index in [-0.39, 0.29) is 6.03 Å². The zero-order valence-electron chi connectivity index (χ0n) is 12.0. The van der Waals surface area contributed by atoms with Gasteiger partial charge in [-0.1, -0.05) is 37.8 Å². The lowest BCUT2D eigenvalue weighted by molar-refractivity contribution is 0.251. The van der Waals surface area contributed by atoms with E-state index >= 15 is 0 Å². The molecule has 110 valence electrons. The Bertz CT molecular complexity index is 410. The van der Waals surface area contributed by atoms with Gasteiger partial charge in [0.05, 0.1) is 0 Å². The first-order chi connectivity index (χ1) is 9.78. The smallest absolute Gasteiger partial charge is 0.319 e. The van der Waals surface area contributed by atoms with Crippen LogP contribution >= 0.6 is 0 Å². The highest BCUT2D eigenvalue weighted by Crippen LogP contribution is 2.28. The van der Waals surface area contributed by atoms with Crippen molar-refractivity contribution in [2.45, 2.75) is 45.1 Å². The van der Waals surface area contributed by atoms with E-state index in [1.165, 1.54) is 32.1 Å². The predicted molar refractivity (Wildman–Crippen MR) is 82.5 cm³/mol. The molecule has 4 nitrogen and oxygen atoms in total. The van der Waals surface area contributed by atoms with Crippen LogP contribution in [0.4, 0.5) is 10.5 Å². The molecule has 1 aromatic carbocycles. The highest BCUT2D eigenvalue weighted by Gasteiger charge is 2.14. The largest absolute Gasteiger partial charge is 0.338 e. The number of nitrogens with two attached hydrogens (primary N) is 1. The van der Waals surface area contributed by atoms with Crippen LogP contribution in [-0.4, -0.2) is 12.6 Å². The molecule has 0 aromatic heterocycles. The summed E-state index contributed by atoms with van der Waals surface area (Å²) in [6.45, 7) is 1.27. The lowest BCUT2D eigenvalue weighted by Gasteiger charge is -2.10. The third-order valence-corrected chi connectivity index (χ3v) is 4.00. The Morgan fingerprint density at radius 2 is 1.90 bits per heavy atom. The molecule has 0 atom stereocenters. The van der Waals surface area contributed by atoms with Crippen LogP contribution in [0, 0.1) is 5.92 Å². The Balaban J connectivity index is 1.61. The van der Waals surface area contributed by atoms with E-state index in [1.54, 1.807) is 0 Å². The zero-order valence-corrected chi connectivity index (χ0v) is 12.0. The van der Waals surface area contributed by atoms with Crippen LogP contribution < -0.4 is 16.4 Å². The Kier molecular flexibility index (Phi) is 5.87. The molecule has 4 heteroatoms. The third kappa shape index (κ3) is 4.85. The number of rotatable bonds is 6. The van der Waals surface area contributed by atoms with Crippen molar-refractivity contribution in [3.63, 3.8) is 0 Å². The van der Waals surface area contributed by atoms with Crippen LogP contribution in [0.25, 0.3) is 0 Å². The van der Waals surface area contributed by atoms with Gasteiger partial charge in [-0.25, -0.2) is 4.79 Å². The van der Waals surface area contributed by atoms with E-state index < -0.39 is 0 Å². The minimum Gasteiger partial charge on any atom is -0.338 e. The predicted octanol–water partition coefficient (Wildman–Crippen LogP) is 3.24. The summed E-state index contributed by atoms with van der Waals surface area (Å²) in [5.41, 5.74) is 7.40. The second-order valence-corrected chi connectivity index (χ2v) is 5.57. The lowest BCUT2D eigenvalue weighted by Crippen LogP contribution is -2.29. The van der Waals surface area contributed by atoms with E-state index in [4.69, 9.17) is 5.73 Å². The molecule has 0 aliphatic heterocycles. The highest BCUT2D eigenvalue weighted by molar-refractivity contribution is 5.89. The molecule has 1 aliphatic carbocycles. The number of amides is 2. The van der Waals surface area contributed by atoms with E-state index in [2.05, 4.69) is 10.6 Å². The van der Waals surface area contributed by atoms with E-state index in [1.807, 2.05) is 24.3 Å². The monoisotopic (exact) mass is 275 g/mol. The molecule has 2 rings (SSSR count). The number of anilines is 1. The standard InChI is InChI=1S/C16H25N3O/c17-12-14-7-9-15(10-8-14)19-16(20)18-11-3-6-13-4-1-2-5-13/h7-10,13H,1-6,11-12,17H2,(H2,18,19,20). The fraction of sp³-hybridized carbons (Fsp3) is 0.562. The highest BCUT2D eigenvalue weighted by atomic mass is 16.2. The van der Waals surface area contributed by atoms with Gasteiger partial charge in [0.25, 0.3) is 0 Å². The van der Waals surface area contributed by atoms with Gasteiger partial charge in [0.1, 0.15) is 0 Å². The van der Waals surface area contributed by atoms with Crippen molar-refractivity contribution in [3.8, 4) is 0 Å². The summed E-state index contributed by atoms with van der Waals surface area (Å²) in [6, 6.07) is 7.48. The summed E-state index contributed by atoms with van der Waals surface area (Å²) >= 11 is 0. The maximum atomic E-state index is 11.7. The average Bonchev–Trinajstić information content (AvgIpc) is 2.98. The first-order valence-electron chi connectivity index (χ1n) is 7.62. The molecule has 0 saturated heterocycles. The van der Waals surface area contributed by atoms with Gasteiger partial charge < -0.3 is 16.4 Å². The molecule has 20 heavy (non-hydrogen) atoms. The number of hydrogen-bond donors (Lipinski definition) is 3. The molecule has 1 aliphatic rings. The van der Waals surface area contributed by atoms with Crippen LogP contribution in [-0.2, 0) is 6.54 Å². The number of urea groups is 1. The molecule has 1 saturated carbocycles. The van der Waals surface area contributed by atoms with E-state index in [9.17, 15) is 4.79 Å². The number of carbonyl (C=O) groups is 1. The van der Waals surface area contributed by atoms with Crippen molar-refractivity contribution in [2.75, 3.05) is 11.9 Å². The van der Waals surface area contributed by atoms with Crippen LogP contribution in [0.2, 0.25) is 0 Å². The minimum absolute atomic E-state index is 0.128. The van der Waals surface area contributed by atoms with Gasteiger partial charge in [0.15, 0.2) is 0 Å². The normalized spacial score (nSPS) is 15.2. The molecule has 0 heterocycles. The quantitative estimate of drug-likeness (QED) is 0.698. The molecule has 0 unspecified atom stereocenters. The molecular formula is C16H25N3O. The SMILES string of the molecule is NCc1ccc(NC(=O)NCCCC2CCCC2)cc1. The first-order valence-corrected chi connectivity index (χ1v) is 7.62. The van der Waals surface area contributed by atoms with Crippen molar-refractivity contribution < 1.29 is 4.79 Å². The van der Waals surface area contributed by atoms with Crippen molar-refractivity contribution in [1.82, 2.24) is 5.32 Å². The molecule has 4 N–H and O–H groups in total. The molecule has 0 spiro atoms. The van der Waals surface area contributed by atoms with Crippen LogP contribution in [0.5, 0.6) is 0 Å². The molecule has 0 bridgehead atoms. The topological polar surface area (TPSA) is 67.1 Å². The van der Waals surface area contributed by atoms with Gasteiger partial charge in [-0.05, 0) is 36.5 Å². The summed E-state index contributed by atoms with van der Waals surface area (Å²) in [7, 11) is 0. The van der Waals surface area contributed by atoms with Gasteiger partial charge in [0.2, 0.25) is 0 Å². The molecular weight excluding hydrogens is 250 g/mol. The molecule has 1 fully saturated rings. The van der Waals surface area contributed by atoms with Gasteiger partial charge in [-0.15, -0.1) is 0 Å². The number of carbonyl (C=O) groups excluding carboxylic acids is 1. The number of benzene rings is 1. The van der Waals surface area contributed by atoms with E-state index in [0.29, 0.717) is 6.54 Å². The van der Waals surface area contributed by atoms with Gasteiger partial charge in [-0.3, -0.25) is 0 Å². The van der Waals surface area contributed by atoms with Crippen molar-refractivity contribution in [3.05, 3.63) is 29.8 Å². The van der Waals surface area contributed by atoms with Crippen LogP contribution in [0.3, 0.4) is 0 Å². The van der Waals surface area contributed by atoms with Crippen LogP contribution in [0.1, 0.15) is 44.1 Å². The Morgan fingerprint density at radius 1 is 1.20 bits per heavy atom. The summed E-state index contributed by atoms with van der Waals surface area (Å²) in [4.78, 5) is 11.7. The molecule has 0 radical (unpaired) electrons. The Morgan fingerprint density at radius 3 is 2.55 bits per heavy atom. The first kappa shape index (κ1) is 14.9. The number of hydrogen-bond acceptors (Lipinski definition) is 2. The minimum atomic E-state index is -0.128. The van der Waals surface area contributed by atoms with Crippen molar-refractivity contribution >= 4 is 11.7 Å². The lowest BCUT2D eigenvalue weighted by atomic mass is 10.0. The summed E-state index contributed by atoms with van der Waals surface area (Å²) < 4.78 is 0. The fourth-order valence-electron chi connectivity index (χ4n) is 2.79. The Labute approximate surface area is 121 Å². The zero-order chi connectivity index (χ0) is 14.2. The fourth-order valence-corrected chi connectivity index (χ4v) is 2.79. The van der Waals surface area contributed by atoms with Gasteiger partial charge in [0, 0.05) is 18.8 Å². The van der Waals surface area contributed by atoms with E-state index in [0.717, 1.165) is 30.1 Å². The number of nitrogens with one attached hydrogen (secondary N) is 2. The third-order valence-electron chi connectivity index (χ3n) is 4.00. The molecule has 1 aromatic rings. The van der Waals surface area contributed by atoms with Gasteiger partial charge in [-0.2, -0.15) is 0 Å². The molecule has 2 amide bonds.